The van der Waals surface area contributed by atoms with Gasteiger partial charge in [0.2, 0.25) is 10.0 Å². The van der Waals surface area contributed by atoms with E-state index in [2.05, 4.69) is 32.9 Å². The van der Waals surface area contributed by atoms with Crippen LogP contribution in [0.3, 0.4) is 0 Å². The van der Waals surface area contributed by atoms with Crippen molar-refractivity contribution in [1.29, 1.82) is 0 Å². The fraction of sp³-hybridized carbons (Fsp3) is 0.125. The third-order valence-electron chi connectivity index (χ3n) is 5.19. The van der Waals surface area contributed by atoms with E-state index in [4.69, 9.17) is 21.8 Å². The monoisotopic (exact) mass is 451 g/mol. The first-order valence-electron chi connectivity index (χ1n) is 9.71. The van der Waals surface area contributed by atoms with Crippen molar-refractivity contribution in [2.24, 2.45) is 5.14 Å². The normalized spacial score (nSPS) is 11.6. The summed E-state index contributed by atoms with van der Waals surface area (Å²) in [7, 11) is -3.77. The molecular formula is C24H22ClN3O2S. The van der Waals surface area contributed by atoms with Crippen LogP contribution in [-0.2, 0) is 10.0 Å². The van der Waals surface area contributed by atoms with E-state index in [9.17, 15) is 8.42 Å². The quantitative estimate of drug-likeness (QED) is 0.449. The number of nitrogens with zero attached hydrogens (tertiary/aromatic N) is 2. The van der Waals surface area contributed by atoms with Crippen molar-refractivity contribution in [2.45, 2.75) is 25.7 Å². The summed E-state index contributed by atoms with van der Waals surface area (Å²) in [6.07, 6.45) is 0. The Kier molecular flexibility index (Phi) is 5.47. The number of sulfonamides is 1. The molecule has 4 rings (SSSR count). The van der Waals surface area contributed by atoms with Crippen LogP contribution in [0.1, 0.15) is 16.7 Å². The number of nitrogens with two attached hydrogens (primary N) is 1. The highest BCUT2D eigenvalue weighted by Gasteiger charge is 2.17. The average Bonchev–Trinajstić information content (AvgIpc) is 3.12. The van der Waals surface area contributed by atoms with E-state index in [1.807, 2.05) is 35.0 Å². The van der Waals surface area contributed by atoms with E-state index in [1.165, 1.54) is 17.7 Å². The van der Waals surface area contributed by atoms with Gasteiger partial charge in [-0.3, -0.25) is 0 Å². The van der Waals surface area contributed by atoms with Gasteiger partial charge in [-0.25, -0.2) is 18.2 Å². The van der Waals surface area contributed by atoms with Crippen molar-refractivity contribution >= 4 is 21.6 Å². The van der Waals surface area contributed by atoms with Crippen LogP contribution >= 0.6 is 11.6 Å². The van der Waals surface area contributed by atoms with Crippen LogP contribution in [0.4, 0.5) is 0 Å². The molecule has 4 aromatic rings. The van der Waals surface area contributed by atoms with Crippen LogP contribution in [0, 0.1) is 20.8 Å². The fourth-order valence-electron chi connectivity index (χ4n) is 3.89. The molecule has 0 saturated heterocycles. The van der Waals surface area contributed by atoms with Crippen molar-refractivity contribution in [3.05, 3.63) is 88.4 Å². The predicted octanol–water partition coefficient (Wildman–Crippen LogP) is 5.43. The molecule has 0 aliphatic heterocycles. The molecule has 1 aromatic heterocycles. The van der Waals surface area contributed by atoms with Gasteiger partial charge < -0.3 is 0 Å². The third-order valence-corrected chi connectivity index (χ3v) is 6.37. The molecule has 7 heteroatoms. The molecule has 158 valence electrons. The molecule has 3 aromatic carbocycles. The summed E-state index contributed by atoms with van der Waals surface area (Å²) in [5.74, 6) is 0. The Morgan fingerprint density at radius 2 is 1.45 bits per heavy atom. The van der Waals surface area contributed by atoms with Crippen LogP contribution in [0.2, 0.25) is 5.02 Å². The van der Waals surface area contributed by atoms with E-state index in [-0.39, 0.29) is 4.90 Å². The zero-order valence-corrected chi connectivity index (χ0v) is 19.0. The first-order valence-corrected chi connectivity index (χ1v) is 11.6. The van der Waals surface area contributed by atoms with Crippen LogP contribution in [0.5, 0.6) is 0 Å². The number of rotatable bonds is 4. The van der Waals surface area contributed by atoms with Gasteiger partial charge in [0.25, 0.3) is 0 Å². The highest BCUT2D eigenvalue weighted by Crippen LogP contribution is 2.33. The summed E-state index contributed by atoms with van der Waals surface area (Å²) in [6, 6.07) is 20.2. The van der Waals surface area contributed by atoms with Gasteiger partial charge in [-0.05, 0) is 74.4 Å². The van der Waals surface area contributed by atoms with Crippen LogP contribution in [0.25, 0.3) is 28.2 Å². The molecule has 0 radical (unpaired) electrons. The first kappa shape index (κ1) is 21.3. The SMILES string of the molecule is Cc1cc(C)c(-c2cc(-c3ccc(Cl)cc3)n(-c3ccc(S(N)(=O)=O)cc3)n2)c(C)c1. The summed E-state index contributed by atoms with van der Waals surface area (Å²) < 4.78 is 25.1. The zero-order chi connectivity index (χ0) is 22.3. The smallest absolute Gasteiger partial charge is 0.232 e. The van der Waals surface area contributed by atoms with Crippen molar-refractivity contribution in [1.82, 2.24) is 9.78 Å². The molecular weight excluding hydrogens is 430 g/mol. The molecule has 0 amide bonds. The minimum absolute atomic E-state index is 0.0573. The molecule has 0 spiro atoms. The summed E-state index contributed by atoms with van der Waals surface area (Å²) in [6.45, 7) is 6.24. The number of primary sulfonamides is 1. The van der Waals surface area contributed by atoms with Crippen molar-refractivity contribution in [3.63, 3.8) is 0 Å². The first-order chi connectivity index (χ1) is 14.6. The lowest BCUT2D eigenvalue weighted by atomic mass is 9.97. The Bertz CT molecular complexity index is 1350. The van der Waals surface area contributed by atoms with Gasteiger partial charge in [-0.15, -0.1) is 0 Å². The van der Waals surface area contributed by atoms with Crippen molar-refractivity contribution in [2.75, 3.05) is 0 Å². The number of benzene rings is 3. The molecule has 31 heavy (non-hydrogen) atoms. The Morgan fingerprint density at radius 1 is 0.871 bits per heavy atom. The molecule has 0 aliphatic carbocycles. The summed E-state index contributed by atoms with van der Waals surface area (Å²) in [5.41, 5.74) is 7.97. The minimum atomic E-state index is -3.77. The molecule has 0 aliphatic rings. The summed E-state index contributed by atoms with van der Waals surface area (Å²) in [5, 5.41) is 10.8. The largest absolute Gasteiger partial charge is 0.238 e. The maximum atomic E-state index is 11.6. The Morgan fingerprint density at radius 3 is 2.00 bits per heavy atom. The van der Waals surface area contributed by atoms with E-state index >= 15 is 0 Å². The average molecular weight is 452 g/mol. The van der Waals surface area contributed by atoms with Gasteiger partial charge in [-0.1, -0.05) is 41.4 Å². The van der Waals surface area contributed by atoms with Crippen LogP contribution < -0.4 is 5.14 Å². The topological polar surface area (TPSA) is 78.0 Å². The number of hydrogen-bond donors (Lipinski definition) is 1. The summed E-state index contributed by atoms with van der Waals surface area (Å²) >= 11 is 6.08. The molecule has 0 atom stereocenters. The van der Waals surface area contributed by atoms with Crippen molar-refractivity contribution in [3.8, 4) is 28.2 Å². The molecule has 1 heterocycles. The third kappa shape index (κ3) is 4.28. The summed E-state index contributed by atoms with van der Waals surface area (Å²) in [4.78, 5) is 0.0573. The number of aromatic nitrogens is 2. The highest BCUT2D eigenvalue weighted by atomic mass is 35.5. The lowest BCUT2D eigenvalue weighted by Gasteiger charge is -2.09. The van der Waals surface area contributed by atoms with Gasteiger partial charge in [0.15, 0.2) is 0 Å². The zero-order valence-electron chi connectivity index (χ0n) is 17.4. The maximum absolute atomic E-state index is 11.6. The number of aryl methyl sites for hydroxylation is 3. The van der Waals surface area contributed by atoms with Gasteiger partial charge in [-0.2, -0.15) is 5.10 Å². The number of hydrogen-bond acceptors (Lipinski definition) is 3. The molecule has 5 nitrogen and oxygen atoms in total. The van der Waals surface area contributed by atoms with Gasteiger partial charge >= 0.3 is 0 Å². The van der Waals surface area contributed by atoms with E-state index in [1.54, 1.807) is 12.1 Å². The lowest BCUT2D eigenvalue weighted by Crippen LogP contribution is -2.12. The molecule has 0 fully saturated rings. The van der Waals surface area contributed by atoms with Crippen LogP contribution in [0.15, 0.2) is 71.6 Å². The number of halogens is 1. The standard InChI is InChI=1S/C24H22ClN3O2S/c1-15-12-16(2)24(17(3)13-15)22-14-23(18-4-6-19(25)7-5-18)28(27-22)20-8-10-21(11-9-20)31(26,29)30/h4-14H,1-3H3,(H2,26,29,30). The molecule has 0 bridgehead atoms. The highest BCUT2D eigenvalue weighted by molar-refractivity contribution is 7.89. The Balaban J connectivity index is 1.93. The van der Waals surface area contributed by atoms with E-state index < -0.39 is 10.0 Å². The van der Waals surface area contributed by atoms with Gasteiger partial charge in [0.1, 0.15) is 0 Å². The molecule has 0 saturated carbocycles. The molecule has 2 N–H and O–H groups in total. The Hall–Kier alpha value is -2.93. The maximum Gasteiger partial charge on any atom is 0.238 e. The Labute approximate surface area is 187 Å². The molecule has 0 unspecified atom stereocenters. The second-order valence-electron chi connectivity index (χ2n) is 7.65. The predicted molar refractivity (Wildman–Crippen MR) is 125 cm³/mol. The van der Waals surface area contributed by atoms with Gasteiger partial charge in [0, 0.05) is 16.1 Å². The van der Waals surface area contributed by atoms with E-state index in [0.717, 1.165) is 39.3 Å². The lowest BCUT2D eigenvalue weighted by molar-refractivity contribution is 0.598. The van der Waals surface area contributed by atoms with Crippen LogP contribution in [-0.4, -0.2) is 18.2 Å². The fourth-order valence-corrected chi connectivity index (χ4v) is 4.53. The van der Waals surface area contributed by atoms with Gasteiger partial charge in [0.05, 0.1) is 22.0 Å². The van der Waals surface area contributed by atoms with E-state index in [0.29, 0.717) is 5.02 Å². The van der Waals surface area contributed by atoms with Crippen molar-refractivity contribution < 1.29 is 8.42 Å². The minimum Gasteiger partial charge on any atom is -0.232 e. The second kappa shape index (κ2) is 7.96. The second-order valence-corrected chi connectivity index (χ2v) is 9.64.